The molecule has 1 fully saturated rings. The van der Waals surface area contributed by atoms with E-state index < -0.39 is 17.9 Å². The van der Waals surface area contributed by atoms with Crippen molar-refractivity contribution >= 4 is 5.84 Å². The van der Waals surface area contributed by atoms with Crippen LogP contribution in [0.15, 0.2) is 0 Å². The van der Waals surface area contributed by atoms with Gasteiger partial charge in [-0.3, -0.25) is 5.41 Å². The quantitative estimate of drug-likeness (QED) is 0.517. The van der Waals surface area contributed by atoms with Crippen LogP contribution in [0.4, 0.5) is 13.2 Å². The van der Waals surface area contributed by atoms with Gasteiger partial charge in [0.25, 0.3) is 0 Å². The molecule has 1 rings (SSSR count). The Morgan fingerprint density at radius 2 is 2.17 bits per heavy atom. The SMILES string of the molecule is N=C(N)C(CN1CCCC(CCO)C1)C(F)(F)F. The van der Waals surface area contributed by atoms with Crippen LogP contribution in [0.3, 0.4) is 0 Å². The fourth-order valence-corrected chi connectivity index (χ4v) is 2.37. The first-order valence-electron chi connectivity index (χ1n) is 6.08. The molecule has 0 bridgehead atoms. The molecule has 106 valence electrons. The molecular weight excluding hydrogens is 247 g/mol. The summed E-state index contributed by atoms with van der Waals surface area (Å²) in [6.07, 6.45) is -2.08. The second-order valence-electron chi connectivity index (χ2n) is 4.83. The van der Waals surface area contributed by atoms with Gasteiger partial charge in [-0.25, -0.2) is 0 Å². The summed E-state index contributed by atoms with van der Waals surface area (Å²) >= 11 is 0. The van der Waals surface area contributed by atoms with Crippen molar-refractivity contribution < 1.29 is 18.3 Å². The molecule has 0 saturated carbocycles. The maximum Gasteiger partial charge on any atom is 0.399 e. The molecule has 0 aromatic heterocycles. The van der Waals surface area contributed by atoms with Gasteiger partial charge in [0.1, 0.15) is 11.8 Å². The highest BCUT2D eigenvalue weighted by molar-refractivity contribution is 5.80. The van der Waals surface area contributed by atoms with E-state index in [0.29, 0.717) is 19.5 Å². The zero-order valence-corrected chi connectivity index (χ0v) is 10.2. The van der Waals surface area contributed by atoms with Crippen LogP contribution in [0.5, 0.6) is 0 Å². The van der Waals surface area contributed by atoms with Crippen molar-refractivity contribution in [1.82, 2.24) is 4.90 Å². The number of aliphatic hydroxyl groups is 1. The number of nitrogens with one attached hydrogen (secondary N) is 1. The Labute approximate surface area is 104 Å². The number of amidine groups is 1. The normalized spacial score (nSPS) is 23.9. The lowest BCUT2D eigenvalue weighted by Gasteiger charge is -2.35. The number of hydrogen-bond donors (Lipinski definition) is 3. The summed E-state index contributed by atoms with van der Waals surface area (Å²) in [7, 11) is 0. The number of rotatable bonds is 5. The van der Waals surface area contributed by atoms with Crippen molar-refractivity contribution in [3.05, 3.63) is 0 Å². The Morgan fingerprint density at radius 3 is 2.67 bits per heavy atom. The van der Waals surface area contributed by atoms with Crippen LogP contribution >= 0.6 is 0 Å². The molecule has 0 radical (unpaired) electrons. The number of nitrogens with two attached hydrogens (primary N) is 1. The third-order valence-corrected chi connectivity index (χ3v) is 3.35. The number of likely N-dealkylation sites (tertiary alicyclic amines) is 1. The molecule has 4 nitrogen and oxygen atoms in total. The highest BCUT2D eigenvalue weighted by Crippen LogP contribution is 2.28. The Morgan fingerprint density at radius 1 is 1.50 bits per heavy atom. The highest BCUT2D eigenvalue weighted by atomic mass is 19.4. The molecule has 1 heterocycles. The molecule has 4 N–H and O–H groups in total. The fourth-order valence-electron chi connectivity index (χ4n) is 2.37. The van der Waals surface area contributed by atoms with E-state index in [4.69, 9.17) is 16.2 Å². The van der Waals surface area contributed by atoms with Crippen LogP contribution < -0.4 is 5.73 Å². The summed E-state index contributed by atoms with van der Waals surface area (Å²) in [5.74, 6) is -2.47. The van der Waals surface area contributed by atoms with E-state index in [2.05, 4.69) is 0 Å². The smallest absolute Gasteiger partial charge is 0.396 e. The molecule has 18 heavy (non-hydrogen) atoms. The molecule has 2 atom stereocenters. The lowest BCUT2D eigenvalue weighted by molar-refractivity contribution is -0.161. The summed E-state index contributed by atoms with van der Waals surface area (Å²) in [4.78, 5) is 1.70. The summed E-state index contributed by atoms with van der Waals surface area (Å²) < 4.78 is 38.1. The van der Waals surface area contributed by atoms with E-state index in [9.17, 15) is 13.2 Å². The third kappa shape index (κ3) is 4.45. The Balaban J connectivity index is 2.56. The standard InChI is InChI=1S/C11H20F3N3O/c12-11(13,14)9(10(15)16)7-17-4-1-2-8(6-17)3-5-18/h8-9,18H,1-7H2,(H3,15,16). The molecule has 1 saturated heterocycles. The van der Waals surface area contributed by atoms with Crippen LogP contribution in [-0.4, -0.2) is 48.3 Å². The minimum atomic E-state index is -4.46. The van der Waals surface area contributed by atoms with E-state index in [1.807, 2.05) is 0 Å². The van der Waals surface area contributed by atoms with Gasteiger partial charge in [-0.15, -0.1) is 0 Å². The first kappa shape index (κ1) is 15.2. The van der Waals surface area contributed by atoms with Gasteiger partial charge >= 0.3 is 6.18 Å². The average Bonchev–Trinajstić information content (AvgIpc) is 2.25. The number of piperidine rings is 1. The maximum atomic E-state index is 12.7. The Hall–Kier alpha value is -0.820. The minimum absolute atomic E-state index is 0.0634. The maximum absolute atomic E-state index is 12.7. The first-order valence-corrected chi connectivity index (χ1v) is 6.08. The fraction of sp³-hybridized carbons (Fsp3) is 0.909. The van der Waals surface area contributed by atoms with E-state index in [0.717, 1.165) is 12.8 Å². The van der Waals surface area contributed by atoms with Crippen molar-refractivity contribution in [3.8, 4) is 0 Å². The zero-order chi connectivity index (χ0) is 13.8. The van der Waals surface area contributed by atoms with Crippen LogP contribution in [0.2, 0.25) is 0 Å². The van der Waals surface area contributed by atoms with Gasteiger partial charge in [-0.1, -0.05) is 0 Å². The summed E-state index contributed by atoms with van der Waals surface area (Å²) in [5, 5.41) is 15.9. The number of halogens is 3. The van der Waals surface area contributed by atoms with Crippen molar-refractivity contribution in [3.63, 3.8) is 0 Å². The predicted molar refractivity (Wildman–Crippen MR) is 62.3 cm³/mol. The van der Waals surface area contributed by atoms with Gasteiger partial charge in [0.2, 0.25) is 0 Å². The van der Waals surface area contributed by atoms with Crippen molar-refractivity contribution in [2.24, 2.45) is 17.6 Å². The Bertz CT molecular complexity index is 281. The summed E-state index contributed by atoms with van der Waals surface area (Å²) in [5.41, 5.74) is 5.03. The zero-order valence-electron chi connectivity index (χ0n) is 10.2. The molecule has 0 amide bonds. The third-order valence-electron chi connectivity index (χ3n) is 3.35. The van der Waals surface area contributed by atoms with E-state index in [1.165, 1.54) is 0 Å². The number of alkyl halides is 3. The molecule has 0 aromatic rings. The van der Waals surface area contributed by atoms with Gasteiger partial charge in [-0.2, -0.15) is 13.2 Å². The molecule has 0 spiro atoms. The first-order chi connectivity index (χ1) is 8.34. The van der Waals surface area contributed by atoms with Crippen molar-refractivity contribution in [2.75, 3.05) is 26.2 Å². The van der Waals surface area contributed by atoms with Gasteiger partial charge in [0, 0.05) is 19.7 Å². The predicted octanol–water partition coefficient (Wildman–Crippen LogP) is 1.20. The van der Waals surface area contributed by atoms with Gasteiger partial charge in [-0.05, 0) is 31.7 Å². The van der Waals surface area contributed by atoms with Crippen molar-refractivity contribution in [2.45, 2.75) is 25.4 Å². The molecule has 0 aliphatic carbocycles. The lowest BCUT2D eigenvalue weighted by atomic mass is 9.94. The summed E-state index contributed by atoms with van der Waals surface area (Å²) in [6, 6.07) is 0. The number of aliphatic hydroxyl groups excluding tert-OH is 1. The van der Waals surface area contributed by atoms with Crippen LogP contribution in [0.25, 0.3) is 0 Å². The molecule has 1 aliphatic rings. The number of hydrogen-bond acceptors (Lipinski definition) is 3. The van der Waals surface area contributed by atoms with Crippen LogP contribution in [-0.2, 0) is 0 Å². The second-order valence-corrected chi connectivity index (χ2v) is 4.83. The van der Waals surface area contributed by atoms with Gasteiger partial charge in [0.05, 0.1) is 0 Å². The van der Waals surface area contributed by atoms with Gasteiger partial charge in [0.15, 0.2) is 0 Å². The second kappa shape index (κ2) is 6.38. The average molecular weight is 267 g/mol. The molecule has 7 heteroatoms. The number of nitrogens with zero attached hydrogens (tertiary/aromatic N) is 1. The topological polar surface area (TPSA) is 73.3 Å². The largest absolute Gasteiger partial charge is 0.399 e. The van der Waals surface area contributed by atoms with Crippen LogP contribution in [0, 0.1) is 17.2 Å². The molecule has 1 aliphatic heterocycles. The van der Waals surface area contributed by atoms with Crippen molar-refractivity contribution in [1.29, 1.82) is 5.41 Å². The van der Waals surface area contributed by atoms with E-state index >= 15 is 0 Å². The van der Waals surface area contributed by atoms with Crippen LogP contribution in [0.1, 0.15) is 19.3 Å². The summed E-state index contributed by atoms with van der Waals surface area (Å²) in [6.45, 7) is 0.955. The minimum Gasteiger partial charge on any atom is -0.396 e. The van der Waals surface area contributed by atoms with Gasteiger partial charge < -0.3 is 15.7 Å². The monoisotopic (exact) mass is 267 g/mol. The molecular formula is C11H20F3N3O. The van der Waals surface area contributed by atoms with E-state index in [1.54, 1.807) is 4.90 Å². The van der Waals surface area contributed by atoms with E-state index in [-0.39, 0.29) is 19.1 Å². The highest BCUT2D eigenvalue weighted by Gasteiger charge is 2.43. The Kier molecular flexibility index (Phi) is 5.40. The lowest BCUT2D eigenvalue weighted by Crippen LogP contribution is -2.47. The molecule has 2 unspecified atom stereocenters. The molecule has 0 aromatic carbocycles.